The molecule has 1 aromatic heterocycles. The summed E-state index contributed by atoms with van der Waals surface area (Å²) in [4.78, 5) is 34.0. The van der Waals surface area contributed by atoms with Gasteiger partial charge in [-0.3, -0.25) is 14.6 Å². The molecule has 0 unspecified atom stereocenters. The van der Waals surface area contributed by atoms with Gasteiger partial charge in [-0.1, -0.05) is 12.1 Å². The van der Waals surface area contributed by atoms with Crippen molar-refractivity contribution >= 4 is 22.8 Å². The van der Waals surface area contributed by atoms with Crippen molar-refractivity contribution in [2.45, 2.75) is 44.2 Å². The lowest BCUT2D eigenvalue weighted by Gasteiger charge is -2.42. The normalized spacial score (nSPS) is 23.1. The number of nitrogens with zero attached hydrogens (tertiary/aromatic N) is 2. The summed E-state index contributed by atoms with van der Waals surface area (Å²) in [6.07, 6.45) is 3.50. The number of methoxy groups -OCH3 is 1. The molecule has 2 aromatic carbocycles. The van der Waals surface area contributed by atoms with Crippen molar-refractivity contribution in [2.75, 3.05) is 26.7 Å². The smallest absolute Gasteiger partial charge is 0.328 e. The molecule has 2 aliphatic heterocycles. The van der Waals surface area contributed by atoms with Crippen molar-refractivity contribution in [1.29, 1.82) is 0 Å². The summed E-state index contributed by atoms with van der Waals surface area (Å²) in [5.74, 6) is 0.209. The molecule has 3 N–H and O–H groups in total. The van der Waals surface area contributed by atoms with Gasteiger partial charge in [0.25, 0.3) is 5.91 Å². The third kappa shape index (κ3) is 3.83. The number of hydrogen-bond acceptors (Lipinski definition) is 5. The maximum absolute atomic E-state index is 14.6. The average molecular weight is 507 g/mol. The van der Waals surface area contributed by atoms with Gasteiger partial charge in [0.2, 0.25) is 0 Å². The van der Waals surface area contributed by atoms with Crippen LogP contribution in [0.2, 0.25) is 0 Å². The number of rotatable bonds is 8. The monoisotopic (exact) mass is 506 g/mol. The fourth-order valence-electron chi connectivity index (χ4n) is 5.90. The lowest BCUT2D eigenvalue weighted by molar-refractivity contribution is -0.133. The topological polar surface area (TPSA) is 97.9 Å². The lowest BCUT2D eigenvalue weighted by Crippen LogP contribution is -2.53. The van der Waals surface area contributed by atoms with E-state index in [4.69, 9.17) is 4.74 Å². The van der Waals surface area contributed by atoms with Crippen LogP contribution >= 0.6 is 0 Å². The Kier molecular flexibility index (Phi) is 5.63. The van der Waals surface area contributed by atoms with E-state index in [1.165, 1.54) is 30.9 Å². The van der Waals surface area contributed by atoms with E-state index in [0.717, 1.165) is 30.0 Å². The average Bonchev–Trinajstić information content (AvgIpc) is 3.61. The molecule has 0 spiro atoms. The minimum absolute atomic E-state index is 0.0618. The van der Waals surface area contributed by atoms with Gasteiger partial charge >= 0.3 is 6.03 Å². The lowest BCUT2D eigenvalue weighted by atomic mass is 9.81. The fourth-order valence-corrected chi connectivity index (χ4v) is 5.90. The molecule has 0 bridgehead atoms. The molecule has 3 aliphatic rings. The first-order valence-electron chi connectivity index (χ1n) is 12.8. The number of aromatic nitrogens is 1. The van der Waals surface area contributed by atoms with Crippen molar-refractivity contribution in [3.63, 3.8) is 0 Å². The molecular formula is C28H31FN4O4. The Hall–Kier alpha value is -3.59. The first kappa shape index (κ1) is 23.8. The summed E-state index contributed by atoms with van der Waals surface area (Å²) in [7, 11) is 1.42. The van der Waals surface area contributed by atoms with Gasteiger partial charge in [0.1, 0.15) is 17.3 Å². The van der Waals surface area contributed by atoms with Gasteiger partial charge in [-0.15, -0.1) is 0 Å². The molecule has 9 heteroatoms. The highest BCUT2D eigenvalue weighted by Crippen LogP contribution is 2.49. The van der Waals surface area contributed by atoms with Crippen molar-refractivity contribution in [1.82, 2.24) is 20.1 Å². The highest BCUT2D eigenvalue weighted by Gasteiger charge is 2.60. The molecule has 37 heavy (non-hydrogen) atoms. The summed E-state index contributed by atoms with van der Waals surface area (Å²) in [6.45, 7) is 3.87. The van der Waals surface area contributed by atoms with Crippen molar-refractivity contribution in [2.24, 2.45) is 5.92 Å². The van der Waals surface area contributed by atoms with E-state index in [2.05, 4.69) is 10.3 Å². The third-order valence-electron chi connectivity index (χ3n) is 7.99. The molecule has 8 nitrogen and oxygen atoms in total. The number of phenols is 1. The number of amides is 3. The molecule has 3 amide bonds. The summed E-state index contributed by atoms with van der Waals surface area (Å²) in [6, 6.07) is 8.73. The predicted octanol–water partition coefficient (Wildman–Crippen LogP) is 4.08. The first-order valence-corrected chi connectivity index (χ1v) is 12.8. The Morgan fingerprint density at radius 1 is 1.24 bits per heavy atom. The molecular weight excluding hydrogens is 475 g/mol. The SMILES string of the molecule is COc1cc2c3c([nH]c2cc1F)[C@@H](c1cccc(O)c1)N1C(=O)N(CCCNCC2CC2)C(=O)[C@]1(C)C3. The van der Waals surface area contributed by atoms with Gasteiger partial charge in [0.15, 0.2) is 11.6 Å². The summed E-state index contributed by atoms with van der Waals surface area (Å²) < 4.78 is 19.8. The first-order chi connectivity index (χ1) is 17.8. The number of halogens is 1. The van der Waals surface area contributed by atoms with Crippen LogP contribution in [0, 0.1) is 11.7 Å². The molecule has 1 aliphatic carbocycles. The van der Waals surface area contributed by atoms with E-state index >= 15 is 0 Å². The number of benzene rings is 2. The molecule has 2 fully saturated rings. The van der Waals surface area contributed by atoms with E-state index in [1.807, 2.05) is 6.07 Å². The van der Waals surface area contributed by atoms with Crippen molar-refractivity contribution in [3.8, 4) is 11.5 Å². The largest absolute Gasteiger partial charge is 0.508 e. The second-order valence-corrected chi connectivity index (χ2v) is 10.6. The summed E-state index contributed by atoms with van der Waals surface area (Å²) >= 11 is 0. The number of aromatic amines is 1. The van der Waals surface area contributed by atoms with Crippen LogP contribution in [0.5, 0.6) is 11.5 Å². The standard InChI is InChI=1S/C28H31FN4O4/c1-28-14-20-19-12-23(37-2)21(29)13-22(19)31-24(20)25(17-5-3-6-18(34)11-17)33(28)27(36)32(26(28)35)10-4-9-30-15-16-7-8-16/h3,5-6,11-13,16,25,30-31,34H,4,7-10,14-15H2,1-2H3/t25-,28+/m1/s1. The molecule has 194 valence electrons. The Labute approximate surface area is 214 Å². The zero-order valence-corrected chi connectivity index (χ0v) is 21.0. The van der Waals surface area contributed by atoms with Gasteiger partial charge in [-0.05, 0) is 74.5 Å². The maximum atomic E-state index is 14.6. The Morgan fingerprint density at radius 2 is 2.05 bits per heavy atom. The van der Waals surface area contributed by atoms with E-state index < -0.39 is 17.4 Å². The quantitative estimate of drug-likeness (QED) is 0.316. The van der Waals surface area contributed by atoms with Crippen molar-refractivity contribution < 1.29 is 23.8 Å². The Balaban J connectivity index is 1.41. The summed E-state index contributed by atoms with van der Waals surface area (Å²) in [5.41, 5.74) is 1.66. The van der Waals surface area contributed by atoms with Gasteiger partial charge in [-0.2, -0.15) is 0 Å². The van der Waals surface area contributed by atoms with Crippen LogP contribution in [0.15, 0.2) is 36.4 Å². The van der Waals surface area contributed by atoms with Gasteiger partial charge in [0, 0.05) is 35.6 Å². The Bertz CT molecular complexity index is 1400. The number of carbonyl (C=O) groups excluding carboxylic acids is 2. The van der Waals surface area contributed by atoms with Gasteiger partial charge in [0.05, 0.1) is 7.11 Å². The van der Waals surface area contributed by atoms with Crippen LogP contribution < -0.4 is 10.1 Å². The second-order valence-electron chi connectivity index (χ2n) is 10.6. The van der Waals surface area contributed by atoms with Crippen LogP contribution in [-0.4, -0.2) is 64.1 Å². The summed E-state index contributed by atoms with van der Waals surface area (Å²) in [5, 5.41) is 14.4. The van der Waals surface area contributed by atoms with Crippen LogP contribution in [0.25, 0.3) is 10.9 Å². The number of urea groups is 1. The number of phenolic OH excluding ortho intramolecular Hbond substituents is 1. The highest BCUT2D eigenvalue weighted by molar-refractivity contribution is 6.08. The maximum Gasteiger partial charge on any atom is 0.328 e. The van der Waals surface area contributed by atoms with Crippen LogP contribution in [0.1, 0.15) is 49.0 Å². The number of imide groups is 1. The molecule has 3 heterocycles. The molecule has 3 aromatic rings. The Morgan fingerprint density at radius 3 is 2.78 bits per heavy atom. The minimum Gasteiger partial charge on any atom is -0.508 e. The molecule has 6 rings (SSSR count). The number of H-pyrrole nitrogens is 1. The van der Waals surface area contributed by atoms with E-state index in [1.54, 1.807) is 36.1 Å². The van der Waals surface area contributed by atoms with Gasteiger partial charge < -0.3 is 20.1 Å². The van der Waals surface area contributed by atoms with Crippen molar-refractivity contribution in [3.05, 3.63) is 59.0 Å². The number of hydrogen-bond donors (Lipinski definition) is 3. The number of ether oxygens (including phenoxy) is 1. The van der Waals surface area contributed by atoms with Crippen LogP contribution in [0.4, 0.5) is 9.18 Å². The fraction of sp³-hybridized carbons (Fsp3) is 0.429. The van der Waals surface area contributed by atoms with E-state index in [-0.39, 0.29) is 29.9 Å². The van der Waals surface area contributed by atoms with Crippen LogP contribution in [0.3, 0.4) is 0 Å². The number of fused-ring (bicyclic) bond motifs is 4. The number of aromatic hydroxyl groups is 1. The number of nitrogens with one attached hydrogen (secondary N) is 2. The molecule has 1 saturated heterocycles. The second kappa shape index (κ2) is 8.76. The van der Waals surface area contributed by atoms with Crippen LogP contribution in [-0.2, 0) is 11.2 Å². The molecule has 0 radical (unpaired) electrons. The van der Waals surface area contributed by atoms with E-state index in [9.17, 15) is 19.1 Å². The zero-order valence-electron chi connectivity index (χ0n) is 21.0. The molecule has 1 saturated carbocycles. The highest BCUT2D eigenvalue weighted by atomic mass is 19.1. The zero-order chi connectivity index (χ0) is 25.9. The molecule has 2 atom stereocenters. The third-order valence-corrected chi connectivity index (χ3v) is 7.99. The number of carbonyl (C=O) groups is 2. The van der Waals surface area contributed by atoms with Gasteiger partial charge in [-0.25, -0.2) is 9.18 Å². The predicted molar refractivity (Wildman–Crippen MR) is 136 cm³/mol. The van der Waals surface area contributed by atoms with E-state index in [0.29, 0.717) is 29.7 Å². The minimum atomic E-state index is -1.13.